The van der Waals surface area contributed by atoms with E-state index in [1.54, 1.807) is 12.2 Å². The Balaban J connectivity index is 0.000000340. The molecular weight excluding hydrogens is 907 g/mol. The number of hydrogen-bond acceptors (Lipinski definition) is 8. The lowest BCUT2D eigenvalue weighted by Crippen LogP contribution is -2.21. The van der Waals surface area contributed by atoms with Crippen LogP contribution in [0.1, 0.15) is 74.9 Å². The summed E-state index contributed by atoms with van der Waals surface area (Å²) in [6.45, 7) is 12.7. The second-order valence-corrected chi connectivity index (χ2v) is 20.3. The SMILES string of the molecule is CC(C)(C)c1ccc(C=CC(=O)NCc2ccc(NS(C)(=O)=O)c(OC(F)(F)F)c2)cc1.CC(C)(C)c1ccc(C=CC(=S)NCc2ccc(NS(C)(=O)=O)c(OC(F)(F)F)c2)cc1. The first-order valence-electron chi connectivity index (χ1n) is 19.1. The lowest BCUT2D eigenvalue weighted by molar-refractivity contribution is -0.275. The Morgan fingerprint density at radius 2 is 0.938 bits per heavy atom. The Morgan fingerprint density at radius 3 is 1.28 bits per heavy atom. The highest BCUT2D eigenvalue weighted by Crippen LogP contribution is 2.33. The maximum absolute atomic E-state index is 12.7. The van der Waals surface area contributed by atoms with Crippen LogP contribution in [0.25, 0.3) is 12.2 Å². The number of alkyl halides is 6. The zero-order chi connectivity index (χ0) is 48.3. The van der Waals surface area contributed by atoms with E-state index in [9.17, 15) is 48.0 Å². The molecule has 0 bridgehead atoms. The van der Waals surface area contributed by atoms with Crippen molar-refractivity contribution in [3.63, 3.8) is 0 Å². The quantitative estimate of drug-likeness (QED) is 0.0550. The van der Waals surface area contributed by atoms with Crippen molar-refractivity contribution < 1.29 is 57.4 Å². The third kappa shape index (κ3) is 20.3. The van der Waals surface area contributed by atoms with Crippen LogP contribution in [0.3, 0.4) is 0 Å². The van der Waals surface area contributed by atoms with Gasteiger partial charge in [-0.3, -0.25) is 14.2 Å². The van der Waals surface area contributed by atoms with Gasteiger partial charge in [0.2, 0.25) is 26.0 Å². The Morgan fingerprint density at radius 1 is 0.578 bits per heavy atom. The fourth-order valence-electron chi connectivity index (χ4n) is 5.37. The van der Waals surface area contributed by atoms with Gasteiger partial charge in [0, 0.05) is 19.2 Å². The van der Waals surface area contributed by atoms with Crippen molar-refractivity contribution >= 4 is 66.7 Å². The van der Waals surface area contributed by atoms with Crippen LogP contribution in [0.5, 0.6) is 11.5 Å². The minimum Gasteiger partial charge on any atom is -0.404 e. The van der Waals surface area contributed by atoms with Crippen LogP contribution in [-0.2, 0) is 48.8 Å². The first kappa shape index (κ1) is 52.7. The van der Waals surface area contributed by atoms with Crippen LogP contribution in [0.4, 0.5) is 37.7 Å². The molecule has 64 heavy (non-hydrogen) atoms. The molecule has 4 aromatic carbocycles. The number of halogens is 6. The maximum atomic E-state index is 12.7. The lowest BCUT2D eigenvalue weighted by Gasteiger charge is -2.18. The van der Waals surface area contributed by atoms with Crippen LogP contribution >= 0.6 is 12.2 Å². The summed E-state index contributed by atoms with van der Waals surface area (Å²) in [5.41, 5.74) is 4.26. The third-order valence-corrected chi connectivity index (χ3v) is 9.94. The smallest absolute Gasteiger partial charge is 0.404 e. The van der Waals surface area contributed by atoms with E-state index in [2.05, 4.69) is 61.6 Å². The predicted molar refractivity (Wildman–Crippen MR) is 243 cm³/mol. The molecule has 348 valence electrons. The molecule has 0 saturated heterocycles. The molecule has 0 aromatic heterocycles. The summed E-state index contributed by atoms with van der Waals surface area (Å²) < 4.78 is 133. The van der Waals surface area contributed by atoms with Gasteiger partial charge in [-0.25, -0.2) is 16.8 Å². The molecule has 1 amide bonds. The van der Waals surface area contributed by atoms with Crippen molar-refractivity contribution in [2.24, 2.45) is 0 Å². The van der Waals surface area contributed by atoms with Gasteiger partial charge in [0.15, 0.2) is 11.5 Å². The van der Waals surface area contributed by atoms with E-state index in [1.165, 1.54) is 29.8 Å². The highest BCUT2D eigenvalue weighted by Gasteiger charge is 2.33. The van der Waals surface area contributed by atoms with Gasteiger partial charge in [-0.1, -0.05) is 120 Å². The van der Waals surface area contributed by atoms with Gasteiger partial charge in [-0.15, -0.1) is 26.3 Å². The van der Waals surface area contributed by atoms with Crippen molar-refractivity contribution in [2.45, 2.75) is 78.2 Å². The molecule has 4 aromatic rings. The van der Waals surface area contributed by atoms with Crippen LogP contribution < -0.4 is 29.6 Å². The van der Waals surface area contributed by atoms with Gasteiger partial charge >= 0.3 is 12.7 Å². The standard InChI is InChI=1S/C22H25F3N2O4S.C22H25F3N2O3S2/c1-21(2,3)17-9-5-15(6-10-17)8-12-20(28)26-14-16-7-11-18(27-32(4,29)30)19(13-16)31-22(23,24)25;1-21(2,3)17-9-5-15(6-10-17)8-12-20(31)26-14-16-7-11-18(27-32(4,28)29)19(13-16)30-22(23,24)25/h5-13,27H,14H2,1-4H3,(H,26,28);5-13,27H,14H2,1-4H3,(H,26,31). The number of ether oxygens (including phenoxy) is 2. The average Bonchev–Trinajstić information content (AvgIpc) is 3.14. The molecule has 0 fully saturated rings. The number of sulfonamides is 2. The summed E-state index contributed by atoms with van der Waals surface area (Å²) in [5.74, 6) is -1.81. The van der Waals surface area contributed by atoms with Crippen molar-refractivity contribution in [1.82, 2.24) is 10.6 Å². The monoisotopic (exact) mass is 956 g/mol. The van der Waals surface area contributed by atoms with Gasteiger partial charge in [-0.2, -0.15) is 0 Å². The van der Waals surface area contributed by atoms with E-state index >= 15 is 0 Å². The zero-order valence-electron chi connectivity index (χ0n) is 36.2. The molecule has 0 aliphatic heterocycles. The van der Waals surface area contributed by atoms with Crippen LogP contribution in [0, 0.1) is 0 Å². The van der Waals surface area contributed by atoms with Gasteiger partial charge in [0.05, 0.1) is 28.9 Å². The summed E-state index contributed by atoms with van der Waals surface area (Å²) in [5, 5.41) is 5.49. The topological polar surface area (TPSA) is 152 Å². The number of nitrogens with one attached hydrogen (secondary N) is 4. The van der Waals surface area contributed by atoms with Crippen LogP contribution in [-0.4, -0.2) is 53.0 Å². The number of anilines is 2. The zero-order valence-corrected chi connectivity index (χ0v) is 38.6. The van der Waals surface area contributed by atoms with E-state index in [-0.39, 0.29) is 35.3 Å². The lowest BCUT2D eigenvalue weighted by atomic mass is 9.87. The van der Waals surface area contributed by atoms with Gasteiger partial charge in [0.25, 0.3) is 0 Å². The molecule has 0 radical (unpaired) electrons. The van der Waals surface area contributed by atoms with Crippen molar-refractivity contribution in [2.75, 3.05) is 22.0 Å². The molecule has 0 aliphatic rings. The number of amides is 1. The molecule has 4 rings (SSSR count). The highest BCUT2D eigenvalue weighted by atomic mass is 32.2. The van der Waals surface area contributed by atoms with Crippen LogP contribution in [0.15, 0.2) is 97.1 Å². The molecule has 0 aliphatic carbocycles. The Labute approximate surface area is 375 Å². The van der Waals surface area contributed by atoms with Crippen molar-refractivity contribution in [3.8, 4) is 11.5 Å². The predicted octanol–water partition coefficient (Wildman–Crippen LogP) is 9.97. The Kier molecular flexibility index (Phi) is 17.6. The summed E-state index contributed by atoms with van der Waals surface area (Å²) in [6, 6.07) is 23.1. The van der Waals surface area contributed by atoms with E-state index in [0.29, 0.717) is 16.1 Å². The van der Waals surface area contributed by atoms with E-state index in [4.69, 9.17) is 12.2 Å². The summed E-state index contributed by atoms with van der Waals surface area (Å²) in [7, 11) is -7.60. The molecule has 0 atom stereocenters. The third-order valence-electron chi connectivity index (χ3n) is 8.48. The van der Waals surface area contributed by atoms with Crippen LogP contribution in [0.2, 0.25) is 0 Å². The Bertz CT molecular complexity index is 2350. The number of carbonyl (C=O) groups is 1. The van der Waals surface area contributed by atoms with Crippen molar-refractivity contribution in [1.29, 1.82) is 0 Å². The molecule has 0 spiro atoms. The fraction of sp³-hybridized carbons (Fsp3) is 0.318. The van der Waals surface area contributed by atoms with E-state index in [1.807, 2.05) is 64.1 Å². The number of thiocarbonyl (C=S) groups is 1. The minimum atomic E-state index is -5.01. The number of benzene rings is 4. The van der Waals surface area contributed by atoms with Crippen molar-refractivity contribution in [3.05, 3.63) is 130 Å². The normalized spacial score (nSPS) is 12.6. The highest BCUT2D eigenvalue weighted by molar-refractivity contribution is 7.92. The second-order valence-electron chi connectivity index (χ2n) is 16.4. The molecule has 0 unspecified atom stereocenters. The first-order chi connectivity index (χ1) is 29.2. The first-order valence-corrected chi connectivity index (χ1v) is 23.3. The van der Waals surface area contributed by atoms with Gasteiger partial charge < -0.3 is 20.1 Å². The minimum absolute atomic E-state index is 0.0146. The van der Waals surface area contributed by atoms with E-state index < -0.39 is 50.2 Å². The molecular formula is C44H50F6N4O7S3. The second kappa shape index (κ2) is 21.4. The summed E-state index contributed by atoms with van der Waals surface area (Å²) in [4.78, 5) is 12.5. The maximum Gasteiger partial charge on any atom is 0.573 e. The Hall–Kier alpha value is -5.60. The molecule has 11 nitrogen and oxygen atoms in total. The van der Waals surface area contributed by atoms with Gasteiger partial charge in [-0.05, 0) is 80.6 Å². The number of rotatable bonds is 14. The van der Waals surface area contributed by atoms with Gasteiger partial charge in [0.1, 0.15) is 0 Å². The summed E-state index contributed by atoms with van der Waals surface area (Å²) in [6.07, 6.45) is -1.88. The number of carbonyl (C=O) groups excluding carboxylic acids is 1. The number of hydrogen-bond donors (Lipinski definition) is 4. The largest absolute Gasteiger partial charge is 0.573 e. The summed E-state index contributed by atoms with van der Waals surface area (Å²) >= 11 is 5.25. The van der Waals surface area contributed by atoms with E-state index in [0.717, 1.165) is 47.4 Å². The molecule has 20 heteroatoms. The fourth-order valence-corrected chi connectivity index (χ4v) is 6.64. The molecule has 0 saturated carbocycles. The average molecular weight is 957 g/mol. The molecule has 4 N–H and O–H groups in total. The molecule has 0 heterocycles.